The minimum absolute atomic E-state index is 0.0304. The van der Waals surface area contributed by atoms with Crippen molar-refractivity contribution in [3.8, 4) is 0 Å². The maximum absolute atomic E-state index is 13.6. The summed E-state index contributed by atoms with van der Waals surface area (Å²) in [6.07, 6.45) is 8.27. The number of amides is 3. The molecule has 2 aromatic carbocycles. The van der Waals surface area contributed by atoms with Gasteiger partial charge in [-0.25, -0.2) is 4.79 Å². The van der Waals surface area contributed by atoms with Crippen molar-refractivity contribution in [3.63, 3.8) is 0 Å². The lowest BCUT2D eigenvalue weighted by molar-refractivity contribution is -0.132. The van der Waals surface area contributed by atoms with Crippen molar-refractivity contribution < 1.29 is 14.3 Å². The monoisotopic (exact) mass is 490 g/mol. The number of H-pyrrole nitrogens is 1. The molecule has 0 spiro atoms. The zero-order valence-electron chi connectivity index (χ0n) is 21.2. The number of rotatable bonds is 11. The van der Waals surface area contributed by atoms with Crippen molar-refractivity contribution in [2.75, 3.05) is 33.4 Å². The number of aromatic nitrogens is 1. The Bertz CT molecular complexity index is 1110. The molecule has 1 aromatic heterocycles. The Labute approximate surface area is 213 Å². The van der Waals surface area contributed by atoms with Crippen molar-refractivity contribution in [2.24, 2.45) is 0 Å². The first-order chi connectivity index (χ1) is 17.6. The van der Waals surface area contributed by atoms with Gasteiger partial charge in [0.1, 0.15) is 6.54 Å². The normalized spacial score (nSPS) is 14.0. The summed E-state index contributed by atoms with van der Waals surface area (Å²) in [6, 6.07) is 18.2. The number of aromatic amines is 1. The van der Waals surface area contributed by atoms with Gasteiger partial charge in [-0.05, 0) is 36.5 Å². The van der Waals surface area contributed by atoms with E-state index in [-0.39, 0.29) is 24.5 Å². The average Bonchev–Trinajstić information content (AvgIpc) is 3.33. The van der Waals surface area contributed by atoms with Crippen molar-refractivity contribution in [3.05, 3.63) is 71.9 Å². The van der Waals surface area contributed by atoms with Crippen LogP contribution in [0.25, 0.3) is 10.9 Å². The molecule has 1 aliphatic rings. The molecule has 0 radical (unpaired) electrons. The van der Waals surface area contributed by atoms with Crippen molar-refractivity contribution in [1.82, 2.24) is 20.1 Å². The first kappa shape index (κ1) is 25.8. The molecule has 3 aromatic rings. The highest BCUT2D eigenvalue weighted by Crippen LogP contribution is 2.20. The maximum Gasteiger partial charge on any atom is 0.318 e. The molecule has 0 aliphatic heterocycles. The van der Waals surface area contributed by atoms with Gasteiger partial charge < -0.3 is 24.8 Å². The van der Waals surface area contributed by atoms with Gasteiger partial charge in [0, 0.05) is 49.9 Å². The van der Waals surface area contributed by atoms with E-state index in [1.54, 1.807) is 12.0 Å². The second-order valence-electron chi connectivity index (χ2n) is 9.61. The minimum atomic E-state index is -0.177. The van der Waals surface area contributed by atoms with E-state index in [0.29, 0.717) is 26.2 Å². The van der Waals surface area contributed by atoms with Crippen LogP contribution in [0.15, 0.2) is 60.8 Å². The van der Waals surface area contributed by atoms with E-state index in [0.717, 1.165) is 43.2 Å². The zero-order valence-corrected chi connectivity index (χ0v) is 21.2. The standard InChI is InChI=1S/C29H38N4O3/c1-36-19-18-33(29(35)31-25-12-6-3-7-13-25)22-28(34)32(21-23-10-4-2-5-11-23)17-16-24-20-30-27-15-9-8-14-26(24)27/h2,4-5,8-11,14-15,20,25,30H,3,6-7,12-13,16-19,21-22H2,1H3,(H,31,35). The van der Waals surface area contributed by atoms with Gasteiger partial charge in [0.2, 0.25) is 5.91 Å². The van der Waals surface area contributed by atoms with E-state index in [9.17, 15) is 9.59 Å². The molecular weight excluding hydrogens is 452 g/mol. The Balaban J connectivity index is 1.45. The summed E-state index contributed by atoms with van der Waals surface area (Å²) < 4.78 is 5.24. The lowest BCUT2D eigenvalue weighted by Crippen LogP contribution is -2.50. The van der Waals surface area contributed by atoms with Crippen LogP contribution in [-0.4, -0.2) is 66.1 Å². The first-order valence-corrected chi connectivity index (χ1v) is 13.0. The number of carbonyl (C=O) groups is 2. The van der Waals surface area contributed by atoms with E-state index in [1.807, 2.05) is 53.6 Å². The number of hydrogen-bond acceptors (Lipinski definition) is 3. The molecule has 7 nitrogen and oxygen atoms in total. The van der Waals surface area contributed by atoms with Gasteiger partial charge in [0.15, 0.2) is 0 Å². The van der Waals surface area contributed by atoms with Crippen molar-refractivity contribution >= 4 is 22.8 Å². The number of para-hydroxylation sites is 1. The number of ether oxygens (including phenoxy) is 1. The van der Waals surface area contributed by atoms with Crippen LogP contribution in [0.4, 0.5) is 4.79 Å². The lowest BCUT2D eigenvalue weighted by Gasteiger charge is -2.30. The molecule has 7 heteroatoms. The Morgan fingerprint density at radius 3 is 2.50 bits per heavy atom. The molecule has 0 unspecified atom stereocenters. The smallest absolute Gasteiger partial charge is 0.318 e. The van der Waals surface area contributed by atoms with Crippen LogP contribution in [0.1, 0.15) is 43.2 Å². The molecule has 3 amide bonds. The van der Waals surface area contributed by atoms with Gasteiger partial charge in [-0.15, -0.1) is 0 Å². The maximum atomic E-state index is 13.6. The molecule has 1 aliphatic carbocycles. The summed E-state index contributed by atoms with van der Waals surface area (Å²) >= 11 is 0. The molecule has 1 fully saturated rings. The van der Waals surface area contributed by atoms with Crippen LogP contribution in [0.2, 0.25) is 0 Å². The van der Waals surface area contributed by atoms with E-state index >= 15 is 0 Å². The Morgan fingerprint density at radius 2 is 1.72 bits per heavy atom. The van der Waals surface area contributed by atoms with Gasteiger partial charge in [-0.3, -0.25) is 4.79 Å². The molecule has 192 valence electrons. The molecule has 1 heterocycles. The third kappa shape index (κ3) is 7.10. The number of fused-ring (bicyclic) bond motifs is 1. The molecule has 2 N–H and O–H groups in total. The number of methoxy groups -OCH3 is 1. The van der Waals surface area contributed by atoms with Crippen molar-refractivity contribution in [1.29, 1.82) is 0 Å². The summed E-state index contributed by atoms with van der Waals surface area (Å²) in [5, 5.41) is 4.33. The predicted octanol–water partition coefficient (Wildman–Crippen LogP) is 4.73. The van der Waals surface area contributed by atoms with Crippen LogP contribution in [-0.2, 0) is 22.5 Å². The predicted molar refractivity (Wildman–Crippen MR) is 143 cm³/mol. The molecule has 36 heavy (non-hydrogen) atoms. The Morgan fingerprint density at radius 1 is 0.972 bits per heavy atom. The second-order valence-corrected chi connectivity index (χ2v) is 9.61. The zero-order chi connectivity index (χ0) is 25.2. The summed E-state index contributed by atoms with van der Waals surface area (Å²) in [4.78, 5) is 33.5. The fraction of sp³-hybridized carbons (Fsp3) is 0.448. The van der Waals surface area contributed by atoms with E-state index < -0.39 is 0 Å². The fourth-order valence-corrected chi connectivity index (χ4v) is 4.92. The SMILES string of the molecule is COCCN(CC(=O)N(CCc1c[nH]c2ccccc12)Cc1ccccc1)C(=O)NC1CCCCC1. The van der Waals surface area contributed by atoms with Crippen LogP contribution in [0.3, 0.4) is 0 Å². The number of nitrogens with zero attached hydrogens (tertiary/aromatic N) is 2. The van der Waals surface area contributed by atoms with Gasteiger partial charge in [0.05, 0.1) is 6.61 Å². The van der Waals surface area contributed by atoms with Gasteiger partial charge in [-0.1, -0.05) is 67.8 Å². The third-order valence-corrected chi connectivity index (χ3v) is 7.01. The number of carbonyl (C=O) groups excluding carboxylic acids is 2. The van der Waals surface area contributed by atoms with E-state index in [1.165, 1.54) is 17.4 Å². The molecule has 0 atom stereocenters. The quantitative estimate of drug-likeness (QED) is 0.408. The molecular formula is C29H38N4O3. The van der Waals surface area contributed by atoms with Crippen LogP contribution < -0.4 is 5.32 Å². The Kier molecular flexibility index (Phi) is 9.39. The number of hydrogen-bond donors (Lipinski definition) is 2. The third-order valence-electron chi connectivity index (χ3n) is 7.01. The fourth-order valence-electron chi connectivity index (χ4n) is 4.92. The van der Waals surface area contributed by atoms with Gasteiger partial charge in [-0.2, -0.15) is 0 Å². The molecule has 1 saturated carbocycles. The average molecular weight is 491 g/mol. The topological polar surface area (TPSA) is 77.7 Å². The van der Waals surface area contributed by atoms with E-state index in [2.05, 4.69) is 22.4 Å². The summed E-state index contributed by atoms with van der Waals surface area (Å²) in [7, 11) is 1.61. The van der Waals surface area contributed by atoms with Gasteiger partial charge in [0.25, 0.3) is 0 Å². The lowest BCUT2D eigenvalue weighted by atomic mass is 9.96. The summed E-state index contributed by atoms with van der Waals surface area (Å²) in [5.41, 5.74) is 3.35. The minimum Gasteiger partial charge on any atom is -0.383 e. The van der Waals surface area contributed by atoms with Crippen LogP contribution >= 0.6 is 0 Å². The van der Waals surface area contributed by atoms with Crippen LogP contribution in [0.5, 0.6) is 0 Å². The molecule has 4 rings (SSSR count). The highest BCUT2D eigenvalue weighted by molar-refractivity contribution is 5.85. The molecule has 0 bridgehead atoms. The molecule has 0 saturated heterocycles. The summed E-state index contributed by atoms with van der Waals surface area (Å²) in [5.74, 6) is -0.0615. The Hall–Kier alpha value is -3.32. The number of benzene rings is 2. The van der Waals surface area contributed by atoms with Crippen molar-refractivity contribution in [2.45, 2.75) is 51.1 Å². The number of urea groups is 1. The number of nitrogens with one attached hydrogen (secondary N) is 2. The second kappa shape index (κ2) is 13.1. The van der Waals surface area contributed by atoms with E-state index in [4.69, 9.17) is 4.74 Å². The van der Waals surface area contributed by atoms with Gasteiger partial charge >= 0.3 is 6.03 Å². The highest BCUT2D eigenvalue weighted by atomic mass is 16.5. The largest absolute Gasteiger partial charge is 0.383 e. The summed E-state index contributed by atoms with van der Waals surface area (Å²) in [6.45, 7) is 1.87. The van der Waals surface area contributed by atoms with Crippen LogP contribution in [0, 0.1) is 0 Å². The first-order valence-electron chi connectivity index (χ1n) is 13.0. The highest BCUT2D eigenvalue weighted by Gasteiger charge is 2.24.